The molecule has 22 heavy (non-hydrogen) atoms. The van der Waals surface area contributed by atoms with Gasteiger partial charge in [-0.1, -0.05) is 45.7 Å². The Hall–Kier alpha value is -1.85. The van der Waals surface area contributed by atoms with Crippen molar-refractivity contribution in [2.45, 2.75) is 13.5 Å². The Morgan fingerprint density at radius 3 is 2.55 bits per heavy atom. The van der Waals surface area contributed by atoms with Crippen LogP contribution in [-0.2, 0) is 16.1 Å². The largest absolute Gasteiger partial charge is 0.344 e. The summed E-state index contributed by atoms with van der Waals surface area (Å²) >= 11 is 9.37. The highest BCUT2D eigenvalue weighted by Crippen LogP contribution is 2.20. The fourth-order valence-corrected chi connectivity index (χ4v) is 2.26. The van der Waals surface area contributed by atoms with E-state index in [-0.39, 0.29) is 6.54 Å². The zero-order valence-electron chi connectivity index (χ0n) is 11.8. The van der Waals surface area contributed by atoms with Gasteiger partial charge in [0.2, 0.25) is 0 Å². The lowest BCUT2D eigenvalue weighted by molar-refractivity contribution is -0.136. The van der Waals surface area contributed by atoms with Crippen LogP contribution in [0.2, 0.25) is 5.02 Å². The van der Waals surface area contributed by atoms with Crippen LogP contribution in [0.3, 0.4) is 0 Å². The molecule has 0 aromatic heterocycles. The molecule has 2 aromatic carbocycles. The normalized spacial score (nSPS) is 10.1. The molecule has 4 nitrogen and oxygen atoms in total. The molecule has 0 fully saturated rings. The first kappa shape index (κ1) is 16.5. The molecule has 0 saturated carbocycles. The van der Waals surface area contributed by atoms with Crippen LogP contribution in [0.5, 0.6) is 0 Å². The van der Waals surface area contributed by atoms with Gasteiger partial charge in [-0.15, -0.1) is 0 Å². The van der Waals surface area contributed by atoms with Gasteiger partial charge in [-0.3, -0.25) is 9.59 Å². The summed E-state index contributed by atoms with van der Waals surface area (Å²) in [4.78, 5) is 23.7. The fourth-order valence-electron chi connectivity index (χ4n) is 1.81. The van der Waals surface area contributed by atoms with Crippen molar-refractivity contribution in [3.05, 3.63) is 63.1 Å². The van der Waals surface area contributed by atoms with Gasteiger partial charge in [0.15, 0.2) is 0 Å². The third-order valence-electron chi connectivity index (χ3n) is 3.02. The number of rotatable bonds is 3. The monoisotopic (exact) mass is 380 g/mol. The number of hydrogen-bond donors (Lipinski definition) is 2. The Bertz CT molecular complexity index is 719. The summed E-state index contributed by atoms with van der Waals surface area (Å²) < 4.78 is 0.939. The van der Waals surface area contributed by atoms with Gasteiger partial charge in [0.05, 0.1) is 0 Å². The molecule has 0 unspecified atom stereocenters. The minimum atomic E-state index is -0.714. The second-order valence-corrected chi connectivity index (χ2v) is 5.95. The quantitative estimate of drug-likeness (QED) is 0.797. The number of carbonyl (C=O) groups excluding carboxylic acids is 2. The minimum Gasteiger partial charge on any atom is -0.344 e. The maximum absolute atomic E-state index is 11.8. The molecular weight excluding hydrogens is 368 g/mol. The molecule has 6 heteroatoms. The average Bonchev–Trinajstić information content (AvgIpc) is 2.50. The first-order valence-electron chi connectivity index (χ1n) is 6.56. The molecule has 114 valence electrons. The number of nitrogens with one attached hydrogen (secondary N) is 2. The average molecular weight is 382 g/mol. The van der Waals surface area contributed by atoms with Gasteiger partial charge in [-0.2, -0.15) is 0 Å². The van der Waals surface area contributed by atoms with Crippen molar-refractivity contribution in [2.75, 3.05) is 5.32 Å². The molecule has 0 aliphatic heterocycles. The van der Waals surface area contributed by atoms with Crippen LogP contribution in [-0.4, -0.2) is 11.8 Å². The summed E-state index contributed by atoms with van der Waals surface area (Å²) in [6.45, 7) is 2.10. The molecule has 2 aromatic rings. The Morgan fingerprint density at radius 1 is 1.14 bits per heavy atom. The SMILES string of the molecule is Cc1cc(NC(=O)C(=O)NCc2ccccc2Cl)ccc1Br. The molecule has 0 radical (unpaired) electrons. The maximum Gasteiger partial charge on any atom is 0.313 e. The number of aryl methyl sites for hydroxylation is 1. The van der Waals surface area contributed by atoms with E-state index in [0.29, 0.717) is 10.7 Å². The summed E-state index contributed by atoms with van der Waals surface area (Å²) in [6, 6.07) is 12.5. The Morgan fingerprint density at radius 2 is 1.86 bits per heavy atom. The van der Waals surface area contributed by atoms with Crippen molar-refractivity contribution in [2.24, 2.45) is 0 Å². The zero-order valence-corrected chi connectivity index (χ0v) is 14.2. The van der Waals surface area contributed by atoms with E-state index in [9.17, 15) is 9.59 Å². The second kappa shape index (κ2) is 7.42. The van der Waals surface area contributed by atoms with Crippen LogP contribution in [0.25, 0.3) is 0 Å². The number of hydrogen-bond acceptors (Lipinski definition) is 2. The van der Waals surface area contributed by atoms with E-state index in [0.717, 1.165) is 15.6 Å². The number of anilines is 1. The second-order valence-electron chi connectivity index (χ2n) is 4.69. The molecule has 0 heterocycles. The lowest BCUT2D eigenvalue weighted by Gasteiger charge is -2.08. The molecular formula is C16H14BrClN2O2. The van der Waals surface area contributed by atoms with Crippen molar-refractivity contribution >= 4 is 45.0 Å². The fraction of sp³-hybridized carbons (Fsp3) is 0.125. The molecule has 0 atom stereocenters. The molecule has 0 aliphatic rings. The first-order valence-corrected chi connectivity index (χ1v) is 7.73. The molecule has 2 amide bonds. The predicted molar refractivity (Wildman–Crippen MR) is 90.8 cm³/mol. The number of carbonyl (C=O) groups is 2. The van der Waals surface area contributed by atoms with Crippen LogP contribution in [0.4, 0.5) is 5.69 Å². The summed E-state index contributed by atoms with van der Waals surface area (Å²) in [7, 11) is 0. The Kier molecular flexibility index (Phi) is 5.57. The Balaban J connectivity index is 1.93. The first-order chi connectivity index (χ1) is 10.5. The molecule has 0 spiro atoms. The number of halogens is 2. The summed E-state index contributed by atoms with van der Waals surface area (Å²) in [6.07, 6.45) is 0. The number of benzene rings is 2. The van der Waals surface area contributed by atoms with Crippen molar-refractivity contribution in [1.82, 2.24) is 5.32 Å². The van der Waals surface area contributed by atoms with Gasteiger partial charge in [0, 0.05) is 21.7 Å². The zero-order chi connectivity index (χ0) is 16.1. The highest BCUT2D eigenvalue weighted by molar-refractivity contribution is 9.10. The predicted octanol–water partition coefficient (Wildman–Crippen LogP) is 3.67. The van der Waals surface area contributed by atoms with Gasteiger partial charge in [0.1, 0.15) is 0 Å². The molecule has 2 N–H and O–H groups in total. The smallest absolute Gasteiger partial charge is 0.313 e. The van der Waals surface area contributed by atoms with E-state index in [2.05, 4.69) is 26.6 Å². The summed E-state index contributed by atoms with van der Waals surface area (Å²) in [5.41, 5.74) is 2.29. The lowest BCUT2D eigenvalue weighted by atomic mass is 10.2. The van der Waals surface area contributed by atoms with E-state index in [4.69, 9.17) is 11.6 Å². The Labute approximate surface area is 142 Å². The van der Waals surface area contributed by atoms with Crippen LogP contribution in [0, 0.1) is 6.92 Å². The van der Waals surface area contributed by atoms with Gasteiger partial charge in [-0.25, -0.2) is 0 Å². The van der Waals surface area contributed by atoms with Crippen LogP contribution >= 0.6 is 27.5 Å². The molecule has 2 rings (SSSR count). The van der Waals surface area contributed by atoms with Crippen LogP contribution in [0.1, 0.15) is 11.1 Å². The van der Waals surface area contributed by atoms with E-state index >= 15 is 0 Å². The number of amides is 2. The third kappa shape index (κ3) is 4.32. The van der Waals surface area contributed by atoms with E-state index in [1.807, 2.05) is 19.1 Å². The topological polar surface area (TPSA) is 58.2 Å². The molecule has 0 bridgehead atoms. The highest BCUT2D eigenvalue weighted by Gasteiger charge is 2.14. The van der Waals surface area contributed by atoms with E-state index < -0.39 is 11.8 Å². The standard InChI is InChI=1S/C16H14BrClN2O2/c1-10-8-12(6-7-13(10)17)20-16(22)15(21)19-9-11-4-2-3-5-14(11)18/h2-8H,9H2,1H3,(H,19,21)(H,20,22). The van der Waals surface area contributed by atoms with Gasteiger partial charge in [0.25, 0.3) is 0 Å². The highest BCUT2D eigenvalue weighted by atomic mass is 79.9. The van der Waals surface area contributed by atoms with E-state index in [1.54, 1.807) is 30.3 Å². The summed E-state index contributed by atoms with van der Waals surface area (Å²) in [5, 5.41) is 5.64. The van der Waals surface area contributed by atoms with Crippen LogP contribution < -0.4 is 10.6 Å². The molecule has 0 aliphatic carbocycles. The van der Waals surface area contributed by atoms with Crippen molar-refractivity contribution in [1.29, 1.82) is 0 Å². The van der Waals surface area contributed by atoms with Crippen molar-refractivity contribution < 1.29 is 9.59 Å². The summed E-state index contributed by atoms with van der Waals surface area (Å²) in [5.74, 6) is -1.42. The van der Waals surface area contributed by atoms with Gasteiger partial charge >= 0.3 is 11.8 Å². The van der Waals surface area contributed by atoms with Gasteiger partial charge < -0.3 is 10.6 Å². The lowest BCUT2D eigenvalue weighted by Crippen LogP contribution is -2.35. The van der Waals surface area contributed by atoms with Crippen molar-refractivity contribution in [3.8, 4) is 0 Å². The van der Waals surface area contributed by atoms with Gasteiger partial charge in [-0.05, 0) is 42.3 Å². The van der Waals surface area contributed by atoms with Crippen molar-refractivity contribution in [3.63, 3.8) is 0 Å². The maximum atomic E-state index is 11.8. The van der Waals surface area contributed by atoms with Crippen LogP contribution in [0.15, 0.2) is 46.9 Å². The third-order valence-corrected chi connectivity index (χ3v) is 4.28. The van der Waals surface area contributed by atoms with E-state index in [1.165, 1.54) is 0 Å². The minimum absolute atomic E-state index is 0.200. The molecule has 0 saturated heterocycles.